The molecule has 16 aromatic rings. The Kier molecular flexibility index (Phi) is 9.92. The Morgan fingerprint density at radius 3 is 1.00 bits per heavy atom. The predicted octanol–water partition coefficient (Wildman–Crippen LogP) is 20.3. The molecule has 0 saturated carbocycles. The summed E-state index contributed by atoms with van der Waals surface area (Å²) in [4.78, 5) is 4.94. The van der Waals surface area contributed by atoms with E-state index in [0.717, 1.165) is 117 Å². The number of fused-ring (bicyclic) bond motifs is 10. The normalized spacial score (nSPS) is 13.7. The van der Waals surface area contributed by atoms with Gasteiger partial charge in [-0.25, -0.2) is 0 Å². The van der Waals surface area contributed by atoms with Gasteiger partial charge >= 0.3 is 0 Å². The molecule has 0 unspecified atom stereocenters. The van der Waals surface area contributed by atoms with E-state index in [2.05, 4.69) is 216 Å². The average molecular weight is 1140 g/mol. The van der Waals surface area contributed by atoms with Crippen molar-refractivity contribution in [2.24, 2.45) is 0 Å². The number of hydrogen-bond donors (Lipinski definition) is 0. The van der Waals surface area contributed by atoms with Gasteiger partial charge in [0.15, 0.2) is 0 Å². The van der Waals surface area contributed by atoms with Crippen LogP contribution in [0.15, 0.2) is 333 Å². The first kappa shape index (κ1) is 43.0. The largest absolute Gasteiger partial charge is 0.310 e. The van der Waals surface area contributed by atoms with Crippen molar-refractivity contribution < 1.29 is 11.0 Å². The van der Waals surface area contributed by atoms with Crippen LogP contribution in [0.25, 0.3) is 111 Å². The molecule has 0 atom stereocenters. The first-order valence-electron chi connectivity index (χ1n) is 34.1. The van der Waals surface area contributed by atoms with Crippen molar-refractivity contribution in [3.05, 3.63) is 333 Å². The van der Waals surface area contributed by atoms with E-state index in [0.29, 0.717) is 44.0 Å². The van der Waals surface area contributed by atoms with E-state index >= 15 is 0 Å². The minimum atomic E-state index is -0.477. The fourth-order valence-electron chi connectivity index (χ4n) is 14.4. The summed E-state index contributed by atoms with van der Waals surface area (Å²) in [6.45, 7) is -0.477. The molecule has 2 aliphatic heterocycles. The Labute approximate surface area is 528 Å². The molecule has 4 nitrogen and oxygen atoms in total. The van der Waals surface area contributed by atoms with Gasteiger partial charge in [-0.05, 0) is 110 Å². The maximum Gasteiger partial charge on any atom is 0.252 e. The Morgan fingerprint density at radius 1 is 0.258 bits per heavy atom. The van der Waals surface area contributed by atoms with Gasteiger partial charge in [0.2, 0.25) is 0 Å². The quantitative estimate of drug-likeness (QED) is 0.134. The highest BCUT2D eigenvalue weighted by Crippen LogP contribution is 2.54. The van der Waals surface area contributed by atoms with Crippen LogP contribution in [0.3, 0.4) is 0 Å². The smallest absolute Gasteiger partial charge is 0.252 e. The molecule has 89 heavy (non-hydrogen) atoms. The molecule has 5 heteroatoms. The number of aromatic nitrogens is 2. The van der Waals surface area contributed by atoms with E-state index in [-0.39, 0.29) is 48.3 Å². The van der Waals surface area contributed by atoms with Crippen LogP contribution in [0.2, 0.25) is 0 Å². The van der Waals surface area contributed by atoms with Crippen molar-refractivity contribution in [3.8, 4) is 67.0 Å². The standard InChI is InChI=1S/C84H55BN4/c1-6-26-56(27-7-1)61-52-80-82-81(53-61)89(84-66(59-32-12-4-13-33-59)42-25-43-67(84)60-34-14-5-15-35-60)79-55-63(87-76-46-22-18-38-70(76)71-39-19-23-47-77(71)87)49-51-73(79)85(82)72-50-48-62(86-74-44-20-16-36-68(74)69-37-17-21-45-75(69)86)54-78(72)88(80)83-64(57-28-8-2-9-29-57)40-24-41-65(83)58-30-10-3-11-31-58/h1-55H/i16D,18D,20D,22D,36D,38D,44D,46D. The predicted molar refractivity (Wildman–Crippen MR) is 376 cm³/mol. The van der Waals surface area contributed by atoms with Crippen LogP contribution in [-0.2, 0) is 0 Å². The van der Waals surface area contributed by atoms with Crippen molar-refractivity contribution >= 4 is 101 Å². The van der Waals surface area contributed by atoms with Crippen LogP contribution in [0.5, 0.6) is 0 Å². The third-order valence-electron chi connectivity index (χ3n) is 18.1. The van der Waals surface area contributed by atoms with Gasteiger partial charge in [0.1, 0.15) is 0 Å². The van der Waals surface area contributed by atoms with E-state index in [9.17, 15) is 5.48 Å². The van der Waals surface area contributed by atoms with Crippen molar-refractivity contribution in [1.29, 1.82) is 0 Å². The lowest BCUT2D eigenvalue weighted by atomic mass is 9.33. The molecule has 0 amide bonds. The van der Waals surface area contributed by atoms with Crippen molar-refractivity contribution in [3.63, 3.8) is 0 Å². The van der Waals surface area contributed by atoms with E-state index in [4.69, 9.17) is 5.48 Å². The summed E-state index contributed by atoms with van der Waals surface area (Å²) in [5.41, 5.74) is 22.0. The van der Waals surface area contributed by atoms with Gasteiger partial charge in [-0.1, -0.05) is 273 Å². The average Bonchev–Trinajstić information content (AvgIpc) is 1.01. The molecule has 2 aromatic heterocycles. The first-order chi connectivity index (χ1) is 47.5. The molecule has 0 radical (unpaired) electrons. The highest BCUT2D eigenvalue weighted by Gasteiger charge is 2.46. The molecule has 14 aromatic carbocycles. The van der Waals surface area contributed by atoms with E-state index in [1.165, 1.54) is 0 Å². The molecule has 0 spiro atoms. The second kappa shape index (κ2) is 20.5. The summed E-state index contributed by atoms with van der Waals surface area (Å²) in [6.07, 6.45) is 0. The van der Waals surface area contributed by atoms with Gasteiger partial charge in [-0.2, -0.15) is 0 Å². The number of nitrogens with zero attached hydrogens (tertiary/aromatic N) is 4. The van der Waals surface area contributed by atoms with Gasteiger partial charge in [0, 0.05) is 77.9 Å². The van der Waals surface area contributed by atoms with Crippen LogP contribution in [-0.4, -0.2) is 15.8 Å². The SMILES string of the molecule is [2H]c1c([2H])c([2H])c2c(c1[2H])c1ccccc1n2-c1ccc2c(c1)N(c1c(-c3ccccc3)cccc1-c1ccccc1)c1cc(-c3ccccc3)cc3c1B2c1ccc(-n2c4ccccc4c4c([2H])c([2H])c([2H])c([2H])c42)cc1N3c1c(-c2ccccc2)cccc1-c1ccccc1. The number of anilines is 6. The minimum absolute atomic E-state index is 0.0991. The van der Waals surface area contributed by atoms with E-state index < -0.39 is 6.71 Å². The second-order valence-electron chi connectivity index (χ2n) is 22.9. The van der Waals surface area contributed by atoms with Crippen LogP contribution in [0.1, 0.15) is 11.0 Å². The Morgan fingerprint density at radius 2 is 0.607 bits per heavy atom. The Hall–Kier alpha value is -11.7. The number of hydrogen-bond acceptors (Lipinski definition) is 2. The topological polar surface area (TPSA) is 16.3 Å². The molecular weight excluding hydrogens is 1080 g/mol. The summed E-state index contributed by atoms with van der Waals surface area (Å²) >= 11 is 0. The molecule has 414 valence electrons. The van der Waals surface area contributed by atoms with E-state index in [1.807, 2.05) is 88.0 Å². The van der Waals surface area contributed by atoms with Gasteiger partial charge in [-0.15, -0.1) is 0 Å². The lowest BCUT2D eigenvalue weighted by Gasteiger charge is -2.46. The van der Waals surface area contributed by atoms with Gasteiger partial charge in [-0.3, -0.25) is 0 Å². The molecule has 0 bridgehead atoms. The fraction of sp³-hybridized carbons (Fsp3) is 0. The molecular formula is C84H55BN4. The van der Waals surface area contributed by atoms with Crippen molar-refractivity contribution in [1.82, 2.24) is 9.13 Å². The number of para-hydroxylation sites is 6. The minimum Gasteiger partial charge on any atom is -0.310 e. The summed E-state index contributed by atoms with van der Waals surface area (Å²) in [6, 6.07) is 97.7. The Balaban J connectivity index is 1.03. The highest BCUT2D eigenvalue weighted by molar-refractivity contribution is 7.00. The molecule has 18 rings (SSSR count). The molecule has 0 saturated heterocycles. The Bertz CT molecular complexity index is 5490. The van der Waals surface area contributed by atoms with Crippen molar-refractivity contribution in [2.75, 3.05) is 9.80 Å². The van der Waals surface area contributed by atoms with Crippen molar-refractivity contribution in [2.45, 2.75) is 0 Å². The van der Waals surface area contributed by atoms with Crippen LogP contribution in [0, 0.1) is 0 Å². The lowest BCUT2D eigenvalue weighted by Crippen LogP contribution is -2.61. The molecule has 2 aliphatic rings. The molecule has 0 N–H and O–H groups in total. The van der Waals surface area contributed by atoms with Gasteiger partial charge in [0.05, 0.1) is 44.4 Å². The van der Waals surface area contributed by atoms with Gasteiger partial charge in [0.25, 0.3) is 6.71 Å². The van der Waals surface area contributed by atoms with Crippen LogP contribution < -0.4 is 26.2 Å². The number of benzene rings is 14. The fourth-order valence-corrected chi connectivity index (χ4v) is 14.4. The summed E-state index contributed by atoms with van der Waals surface area (Å²) in [7, 11) is 0. The highest BCUT2D eigenvalue weighted by atomic mass is 15.2. The second-order valence-corrected chi connectivity index (χ2v) is 22.9. The zero-order valence-electron chi connectivity index (χ0n) is 56.0. The van der Waals surface area contributed by atoms with Crippen LogP contribution in [0.4, 0.5) is 34.1 Å². The maximum absolute atomic E-state index is 9.70. The third-order valence-corrected chi connectivity index (χ3v) is 18.1. The van der Waals surface area contributed by atoms with E-state index in [1.54, 1.807) is 0 Å². The summed E-state index contributed by atoms with van der Waals surface area (Å²) in [5, 5.41) is 2.31. The summed E-state index contributed by atoms with van der Waals surface area (Å²) in [5.74, 6) is 0. The van der Waals surface area contributed by atoms with Crippen LogP contribution >= 0.6 is 0 Å². The van der Waals surface area contributed by atoms with Gasteiger partial charge < -0.3 is 18.9 Å². The zero-order valence-corrected chi connectivity index (χ0v) is 48.0. The monoisotopic (exact) mass is 1140 g/mol. The molecule has 0 aliphatic carbocycles. The molecule has 4 heterocycles. The lowest BCUT2D eigenvalue weighted by molar-refractivity contribution is 1.17. The maximum atomic E-state index is 9.70. The third kappa shape index (κ3) is 7.95. The number of rotatable bonds is 9. The zero-order chi connectivity index (χ0) is 65.5. The summed E-state index contributed by atoms with van der Waals surface area (Å²) < 4.78 is 78.5. The first-order valence-corrected chi connectivity index (χ1v) is 30.1. The molecule has 0 fully saturated rings.